The number of nitrogens with one attached hydrogen (secondary N) is 14. The maximum Gasteiger partial charge on any atom is 0.329 e. The summed E-state index contributed by atoms with van der Waals surface area (Å²) >= 11 is 0. The molecule has 22 N–H and O–H groups in total. The standard InChI is InChI=1S/C69H104N16O24/c1-9-33(3)18-13-11-12-14-22-49(87)78-43(25-39-30-72-41-20-16-15-19-40(39)41)64(103)80-44(26-48(71)86)65(104)82-47(29-55(96)97)66(105)85-58-38(8)109-69(108)57(34(4)10-2)84-68(107)56(35(5)24-52(90)91)83-60(99)36(6)75-50(88)31-73-61(100)45(27-53(92)93)79-59(98)37(7)76-63(102)46(28-54(94)95)81-62(101)42(21-17-23-70)77-51(89)32-74-67(58)106/h15-16,19-20,30,33-38,42-47,56-58,72H,9-14,17-18,21-29,31-32,70H2,1-8H3,(H2,71,86)(H,73,100)(H,74,106)(H,75,88)(H,76,102)(H,77,89)(H,78,87)(H,79,98)(H,80,103)(H,81,101)(H,82,104)(H,83,99)(H,84,107)(H,85,105)(H,90,91)(H,92,93)(H,94,95)(H,96,97). The number of fused-ring (bicyclic) bond motifs is 1. The number of carboxylic acid groups (broad SMARTS) is 4. The number of primary amides is 1. The van der Waals surface area contributed by atoms with Crippen molar-refractivity contribution in [3.8, 4) is 0 Å². The Balaban J connectivity index is 2.18. The van der Waals surface area contributed by atoms with Crippen molar-refractivity contribution in [1.82, 2.24) is 74.1 Å². The lowest BCUT2D eigenvalue weighted by Gasteiger charge is -2.31. The van der Waals surface area contributed by atoms with Crippen LogP contribution in [0.3, 0.4) is 0 Å². The number of H-pyrrole nitrogens is 1. The first-order valence-corrected chi connectivity index (χ1v) is 35.8. The topological polar surface area (TPSA) is 639 Å². The Bertz CT molecular complexity index is 3610. The maximum atomic E-state index is 14.6. The molecule has 3 rings (SSSR count). The summed E-state index contributed by atoms with van der Waals surface area (Å²) < 4.78 is 5.74. The zero-order chi connectivity index (χ0) is 81.9. The normalized spacial score (nSPS) is 22.4. The van der Waals surface area contributed by atoms with Gasteiger partial charge in [0.1, 0.15) is 72.6 Å². The number of aromatic amines is 1. The van der Waals surface area contributed by atoms with Crippen LogP contribution in [0.25, 0.3) is 10.9 Å². The van der Waals surface area contributed by atoms with Gasteiger partial charge in [-0.3, -0.25) is 86.3 Å². The van der Waals surface area contributed by atoms with Crippen molar-refractivity contribution in [3.63, 3.8) is 0 Å². The molecule has 1 saturated heterocycles. The van der Waals surface area contributed by atoms with Gasteiger partial charge in [0.2, 0.25) is 82.7 Å². The summed E-state index contributed by atoms with van der Waals surface area (Å²) in [5.74, 6) is -26.9. The van der Waals surface area contributed by atoms with Gasteiger partial charge >= 0.3 is 29.8 Å². The lowest BCUT2D eigenvalue weighted by Crippen LogP contribution is -2.62. The molecule has 15 atom stereocenters. The van der Waals surface area contributed by atoms with Gasteiger partial charge in [0.15, 0.2) is 0 Å². The highest BCUT2D eigenvalue weighted by molar-refractivity contribution is 6.02. The highest BCUT2D eigenvalue weighted by Gasteiger charge is 2.41. The van der Waals surface area contributed by atoms with Crippen LogP contribution in [0.1, 0.15) is 157 Å². The van der Waals surface area contributed by atoms with E-state index < -0.39 is 242 Å². The molecule has 109 heavy (non-hydrogen) atoms. The second-order valence-electron chi connectivity index (χ2n) is 26.9. The van der Waals surface area contributed by atoms with Gasteiger partial charge in [0, 0.05) is 29.9 Å². The number of carboxylic acids is 4. The Morgan fingerprint density at radius 1 is 0.541 bits per heavy atom. The Kier molecular flexibility index (Phi) is 38.8. The summed E-state index contributed by atoms with van der Waals surface area (Å²) in [5, 5.41) is 69.2. The van der Waals surface area contributed by atoms with Crippen LogP contribution in [0.15, 0.2) is 30.5 Å². The summed E-state index contributed by atoms with van der Waals surface area (Å²) in [6.07, 6.45) is -1.35. The molecule has 0 bridgehead atoms. The van der Waals surface area contributed by atoms with E-state index in [1.807, 2.05) is 0 Å². The number of hydrogen-bond donors (Lipinski definition) is 20. The number of benzene rings is 1. The molecule has 2 heterocycles. The van der Waals surface area contributed by atoms with Gasteiger partial charge in [-0.2, -0.15) is 0 Å². The van der Waals surface area contributed by atoms with Crippen molar-refractivity contribution in [2.24, 2.45) is 29.2 Å². The number of amides is 14. The van der Waals surface area contributed by atoms with Crippen LogP contribution >= 0.6 is 0 Å². The van der Waals surface area contributed by atoms with E-state index in [1.165, 1.54) is 13.8 Å². The molecule has 14 amide bonds. The van der Waals surface area contributed by atoms with Crippen LogP contribution in [-0.2, 0) is 102 Å². The number of nitrogens with two attached hydrogens (primary N) is 2. The second-order valence-corrected chi connectivity index (χ2v) is 26.9. The van der Waals surface area contributed by atoms with Gasteiger partial charge in [-0.15, -0.1) is 0 Å². The van der Waals surface area contributed by atoms with E-state index in [9.17, 15) is 112 Å². The number of aliphatic carboxylic acids is 4. The molecule has 40 heteroatoms. The molecule has 2 aromatic rings. The summed E-state index contributed by atoms with van der Waals surface area (Å²) in [6.45, 7) is 9.23. The van der Waals surface area contributed by atoms with Gasteiger partial charge in [-0.25, -0.2) is 4.79 Å². The van der Waals surface area contributed by atoms with Gasteiger partial charge in [-0.1, -0.05) is 91.3 Å². The quantitative estimate of drug-likeness (QED) is 0.0238. The van der Waals surface area contributed by atoms with Crippen LogP contribution in [-0.4, -0.2) is 230 Å². The molecule has 1 fully saturated rings. The van der Waals surface area contributed by atoms with Crippen LogP contribution in [0, 0.1) is 17.8 Å². The smallest absolute Gasteiger partial charge is 0.329 e. The molecule has 15 unspecified atom stereocenters. The summed E-state index contributed by atoms with van der Waals surface area (Å²) in [4.78, 5) is 260. The number of esters is 1. The first kappa shape index (κ1) is 91.9. The van der Waals surface area contributed by atoms with Crippen LogP contribution in [0.5, 0.6) is 0 Å². The average molecular weight is 1540 g/mol. The molecule has 1 aliphatic rings. The number of hydrogen-bond acceptors (Lipinski definition) is 21. The first-order chi connectivity index (χ1) is 51.3. The number of rotatable bonds is 33. The third-order valence-electron chi connectivity index (χ3n) is 17.9. The van der Waals surface area contributed by atoms with Crippen molar-refractivity contribution in [2.45, 2.75) is 231 Å². The van der Waals surface area contributed by atoms with Crippen molar-refractivity contribution >= 4 is 123 Å². The molecular formula is C69H104N16O24. The lowest BCUT2D eigenvalue weighted by atomic mass is 9.94. The van der Waals surface area contributed by atoms with Crippen LogP contribution in [0.4, 0.5) is 0 Å². The molecule has 604 valence electrons. The number of carbonyl (C=O) groups excluding carboxylic acids is 15. The number of aromatic nitrogens is 1. The maximum absolute atomic E-state index is 14.6. The third kappa shape index (κ3) is 32.3. The summed E-state index contributed by atoms with van der Waals surface area (Å²) in [7, 11) is 0. The van der Waals surface area contributed by atoms with Crippen molar-refractivity contribution < 1.29 is 116 Å². The van der Waals surface area contributed by atoms with Crippen molar-refractivity contribution in [2.75, 3.05) is 19.6 Å². The highest BCUT2D eigenvalue weighted by Crippen LogP contribution is 2.21. The predicted molar refractivity (Wildman–Crippen MR) is 383 cm³/mol. The van der Waals surface area contributed by atoms with Gasteiger partial charge in [0.25, 0.3) is 0 Å². The fraction of sp³-hybridized carbons (Fsp3) is 0.609. The van der Waals surface area contributed by atoms with E-state index in [-0.39, 0.29) is 38.6 Å². The fourth-order valence-corrected chi connectivity index (χ4v) is 11.2. The van der Waals surface area contributed by atoms with Crippen LogP contribution in [0.2, 0.25) is 0 Å². The number of cyclic esters (lactones) is 1. The van der Waals surface area contributed by atoms with Crippen molar-refractivity contribution in [3.05, 3.63) is 36.0 Å². The summed E-state index contributed by atoms with van der Waals surface area (Å²) in [5.41, 5.74) is 12.5. The molecule has 0 saturated carbocycles. The lowest BCUT2D eigenvalue weighted by molar-refractivity contribution is -0.157. The van der Waals surface area contributed by atoms with Crippen molar-refractivity contribution in [1.29, 1.82) is 0 Å². The minimum absolute atomic E-state index is 0.00552. The Morgan fingerprint density at radius 2 is 1.08 bits per heavy atom. The van der Waals surface area contributed by atoms with Crippen LogP contribution < -0.4 is 80.6 Å². The zero-order valence-corrected chi connectivity index (χ0v) is 62.1. The molecule has 0 spiro atoms. The van der Waals surface area contributed by atoms with Gasteiger partial charge < -0.3 is 111 Å². The van der Waals surface area contributed by atoms with E-state index in [0.29, 0.717) is 35.2 Å². The third-order valence-corrected chi connectivity index (χ3v) is 17.9. The largest absolute Gasteiger partial charge is 0.481 e. The molecule has 1 aromatic carbocycles. The number of unbranched alkanes of at least 4 members (excludes halogenated alkanes) is 3. The van der Waals surface area contributed by atoms with Gasteiger partial charge in [-0.05, 0) is 76.0 Å². The van der Waals surface area contributed by atoms with E-state index >= 15 is 0 Å². The minimum atomic E-state index is -2.29. The minimum Gasteiger partial charge on any atom is -0.481 e. The Labute approximate surface area is 627 Å². The molecule has 1 aromatic heterocycles. The number of ether oxygens (including phenoxy) is 1. The molecular weight excluding hydrogens is 1440 g/mol. The Hall–Kier alpha value is -11.3. The first-order valence-electron chi connectivity index (χ1n) is 35.8. The van der Waals surface area contributed by atoms with E-state index in [2.05, 4.69) is 87.9 Å². The monoisotopic (exact) mass is 1540 g/mol. The molecule has 1 aliphatic heterocycles. The number of para-hydroxylation sites is 1. The van der Waals surface area contributed by atoms with E-state index in [4.69, 9.17) is 16.2 Å². The molecule has 0 aliphatic carbocycles. The SMILES string of the molecule is CCC(C)CCCCCCC(=O)NC(Cc1c[nH]c2ccccc12)C(=O)NC(CC(N)=O)C(=O)NC(CC(=O)O)C(=O)NC1C(=O)NCC(=O)NC(CCCN)C(=O)NC(CC(=O)O)C(=O)NC(C)C(=O)NC(CC(=O)O)C(=O)NCC(=O)NC(C)C(=O)NC(C(C)CC(=O)O)C(=O)NC(C(C)CC)C(=O)OC1C. The molecule has 40 nitrogen and oxygen atoms in total. The second kappa shape index (κ2) is 46.0. The van der Waals surface area contributed by atoms with E-state index in [1.54, 1.807) is 37.4 Å². The Morgan fingerprint density at radius 3 is 1.68 bits per heavy atom. The highest BCUT2D eigenvalue weighted by atomic mass is 16.5. The average Bonchev–Trinajstić information content (AvgIpc) is 1.70. The molecule has 0 radical (unpaired) electrons. The fourth-order valence-electron chi connectivity index (χ4n) is 11.2. The van der Waals surface area contributed by atoms with E-state index in [0.717, 1.165) is 46.5 Å². The van der Waals surface area contributed by atoms with Gasteiger partial charge in [0.05, 0.1) is 45.2 Å². The predicted octanol–water partition coefficient (Wildman–Crippen LogP) is -4.16. The number of carbonyl (C=O) groups is 19. The summed E-state index contributed by atoms with van der Waals surface area (Å²) in [6, 6.07) is -13.8. The zero-order valence-electron chi connectivity index (χ0n) is 62.1.